The topological polar surface area (TPSA) is 107 Å². The number of hydrogen-bond donors (Lipinski definition) is 2. The van der Waals surface area contributed by atoms with Crippen LogP contribution in [0.3, 0.4) is 0 Å². The van der Waals surface area contributed by atoms with Gasteiger partial charge in [-0.1, -0.05) is 0 Å². The van der Waals surface area contributed by atoms with Crippen molar-refractivity contribution in [3.05, 3.63) is 47.4 Å². The molecule has 0 bridgehead atoms. The number of amides is 1. The van der Waals surface area contributed by atoms with E-state index in [2.05, 4.69) is 15.0 Å². The van der Waals surface area contributed by atoms with Crippen molar-refractivity contribution in [1.82, 2.24) is 9.71 Å². The number of halogens is 1. The van der Waals surface area contributed by atoms with Gasteiger partial charge in [0.1, 0.15) is 17.4 Å². The van der Waals surface area contributed by atoms with E-state index < -0.39 is 21.7 Å². The van der Waals surface area contributed by atoms with Crippen LogP contribution in [-0.4, -0.2) is 45.7 Å². The second-order valence-electron chi connectivity index (χ2n) is 7.34. The van der Waals surface area contributed by atoms with Gasteiger partial charge < -0.3 is 14.8 Å². The van der Waals surface area contributed by atoms with Crippen LogP contribution in [0, 0.1) is 5.82 Å². The largest absolute Gasteiger partial charge is 0.496 e. The summed E-state index contributed by atoms with van der Waals surface area (Å²) < 4.78 is 52.3. The summed E-state index contributed by atoms with van der Waals surface area (Å²) in [6.45, 7) is 0.805. The molecule has 160 valence electrons. The lowest BCUT2D eigenvalue weighted by atomic mass is 10.2. The molecule has 10 heteroatoms. The number of aromatic nitrogens is 1. The van der Waals surface area contributed by atoms with Gasteiger partial charge in [-0.3, -0.25) is 4.79 Å². The molecule has 1 atom stereocenters. The molecule has 1 saturated carbocycles. The molecule has 1 aliphatic carbocycles. The van der Waals surface area contributed by atoms with Crippen LogP contribution in [0.1, 0.15) is 41.2 Å². The van der Waals surface area contributed by atoms with Gasteiger partial charge >= 0.3 is 0 Å². The lowest BCUT2D eigenvalue weighted by Crippen LogP contribution is -2.35. The Bertz CT molecular complexity index is 1070. The first-order chi connectivity index (χ1) is 14.4. The van der Waals surface area contributed by atoms with E-state index in [1.165, 1.54) is 37.4 Å². The third-order valence-electron chi connectivity index (χ3n) is 5.06. The minimum Gasteiger partial charge on any atom is -0.496 e. The molecule has 1 aliphatic heterocycles. The summed E-state index contributed by atoms with van der Waals surface area (Å²) in [4.78, 5) is 17.0. The molecule has 2 aliphatic rings. The molecular formula is C20H22FN3O5S. The number of anilines is 1. The summed E-state index contributed by atoms with van der Waals surface area (Å²) in [7, 11) is -2.46. The molecule has 1 aromatic heterocycles. The van der Waals surface area contributed by atoms with Gasteiger partial charge in [-0.05, 0) is 49.6 Å². The maximum absolute atomic E-state index is 13.9. The van der Waals surface area contributed by atoms with E-state index in [9.17, 15) is 17.6 Å². The lowest BCUT2D eigenvalue weighted by Gasteiger charge is -2.14. The summed E-state index contributed by atoms with van der Waals surface area (Å²) in [5.41, 5.74) is 0.362. The van der Waals surface area contributed by atoms with Crippen molar-refractivity contribution in [2.24, 2.45) is 0 Å². The van der Waals surface area contributed by atoms with E-state index in [1.54, 1.807) is 0 Å². The van der Waals surface area contributed by atoms with E-state index in [0.717, 1.165) is 12.8 Å². The third-order valence-corrected chi connectivity index (χ3v) is 6.57. The zero-order valence-electron chi connectivity index (χ0n) is 16.4. The Labute approximate surface area is 173 Å². The molecule has 0 unspecified atom stereocenters. The number of carbonyl (C=O) groups excluding carboxylic acids is 1. The fourth-order valence-electron chi connectivity index (χ4n) is 3.30. The van der Waals surface area contributed by atoms with Crippen molar-refractivity contribution >= 4 is 21.7 Å². The number of methoxy groups -OCH3 is 1. The van der Waals surface area contributed by atoms with Crippen LogP contribution in [0.25, 0.3) is 0 Å². The highest BCUT2D eigenvalue weighted by Crippen LogP contribution is 2.40. The molecule has 30 heavy (non-hydrogen) atoms. The molecule has 8 nitrogen and oxygen atoms in total. The number of nitrogens with one attached hydrogen (secondary N) is 2. The monoisotopic (exact) mass is 435 g/mol. The molecule has 2 aromatic rings. The number of pyridine rings is 1. The maximum atomic E-state index is 13.9. The maximum Gasteiger partial charge on any atom is 0.260 e. The summed E-state index contributed by atoms with van der Waals surface area (Å²) in [5, 5.41) is 2.60. The zero-order chi connectivity index (χ0) is 21.3. The van der Waals surface area contributed by atoms with Crippen molar-refractivity contribution in [3.8, 4) is 5.75 Å². The minimum atomic E-state index is -3.84. The average molecular weight is 435 g/mol. The fraction of sp³-hybridized carbons (Fsp3) is 0.400. The van der Waals surface area contributed by atoms with Crippen molar-refractivity contribution in [3.63, 3.8) is 0 Å². The Morgan fingerprint density at radius 3 is 2.70 bits per heavy atom. The van der Waals surface area contributed by atoms with E-state index in [4.69, 9.17) is 9.47 Å². The van der Waals surface area contributed by atoms with Gasteiger partial charge in [-0.25, -0.2) is 22.5 Å². The number of carbonyl (C=O) groups is 1. The number of sulfonamides is 1. The van der Waals surface area contributed by atoms with Crippen LogP contribution in [0.15, 0.2) is 35.2 Å². The lowest BCUT2D eigenvalue weighted by molar-refractivity contribution is 0.102. The number of ether oxygens (including phenoxy) is 2. The number of benzene rings is 1. The first-order valence-corrected chi connectivity index (χ1v) is 11.1. The Morgan fingerprint density at radius 1 is 1.23 bits per heavy atom. The Kier molecular flexibility index (Phi) is 5.72. The predicted octanol–water partition coefficient (Wildman–Crippen LogP) is 2.43. The van der Waals surface area contributed by atoms with Crippen LogP contribution in [-0.2, 0) is 14.8 Å². The second kappa shape index (κ2) is 8.29. The molecule has 0 radical (unpaired) electrons. The fourth-order valence-corrected chi connectivity index (χ4v) is 4.58. The minimum absolute atomic E-state index is 0.0298. The quantitative estimate of drug-likeness (QED) is 0.692. The highest BCUT2D eigenvalue weighted by molar-refractivity contribution is 7.89. The number of hydrogen-bond acceptors (Lipinski definition) is 6. The molecular weight excluding hydrogens is 413 g/mol. The molecule has 1 aromatic carbocycles. The molecule has 4 rings (SSSR count). The first-order valence-electron chi connectivity index (χ1n) is 9.63. The van der Waals surface area contributed by atoms with Crippen LogP contribution in [0.2, 0.25) is 0 Å². The van der Waals surface area contributed by atoms with Crippen molar-refractivity contribution in [1.29, 1.82) is 0 Å². The van der Waals surface area contributed by atoms with Gasteiger partial charge in [0.25, 0.3) is 5.91 Å². The molecule has 2 fully saturated rings. The molecule has 2 N–H and O–H groups in total. The van der Waals surface area contributed by atoms with Crippen LogP contribution >= 0.6 is 0 Å². The molecule has 0 spiro atoms. The van der Waals surface area contributed by atoms with E-state index in [-0.39, 0.29) is 34.0 Å². The summed E-state index contributed by atoms with van der Waals surface area (Å²) >= 11 is 0. The van der Waals surface area contributed by atoms with E-state index in [0.29, 0.717) is 25.3 Å². The SMILES string of the molecule is COc1ccc(S(=O)(=O)N[C@H]2CCOC2)cc1C(=O)Nc1ccc(F)c(C2CC2)n1. The van der Waals surface area contributed by atoms with Crippen LogP contribution in [0.5, 0.6) is 5.75 Å². The van der Waals surface area contributed by atoms with Gasteiger partial charge in [0.05, 0.1) is 29.9 Å². The summed E-state index contributed by atoms with van der Waals surface area (Å²) in [6.07, 6.45) is 2.32. The second-order valence-corrected chi connectivity index (χ2v) is 9.05. The summed E-state index contributed by atoms with van der Waals surface area (Å²) in [5.74, 6) is -0.521. The first kappa shape index (κ1) is 20.7. The Balaban J connectivity index is 1.58. The van der Waals surface area contributed by atoms with Gasteiger partial charge in [-0.2, -0.15) is 0 Å². The highest BCUT2D eigenvalue weighted by atomic mass is 32.2. The van der Waals surface area contributed by atoms with Gasteiger partial charge in [-0.15, -0.1) is 0 Å². The smallest absolute Gasteiger partial charge is 0.260 e. The van der Waals surface area contributed by atoms with Crippen molar-refractivity contribution in [2.75, 3.05) is 25.6 Å². The van der Waals surface area contributed by atoms with E-state index in [1.807, 2.05) is 0 Å². The Hall–Kier alpha value is -2.56. The zero-order valence-corrected chi connectivity index (χ0v) is 17.2. The molecule has 2 heterocycles. The molecule has 1 saturated heterocycles. The van der Waals surface area contributed by atoms with Gasteiger partial charge in [0.15, 0.2) is 0 Å². The van der Waals surface area contributed by atoms with Crippen LogP contribution in [0.4, 0.5) is 10.2 Å². The standard InChI is InChI=1S/C20H22FN3O5S/c1-28-17-6-4-14(30(26,27)24-13-8-9-29-11-13)10-15(17)20(25)23-18-7-5-16(21)19(22-18)12-2-3-12/h4-7,10,12-13,24H,2-3,8-9,11H2,1H3,(H,22,23,25)/t13-/m0/s1. The van der Waals surface area contributed by atoms with Crippen LogP contribution < -0.4 is 14.8 Å². The predicted molar refractivity (Wildman–Crippen MR) is 107 cm³/mol. The number of nitrogens with zero attached hydrogens (tertiary/aromatic N) is 1. The number of rotatable bonds is 7. The normalized spacial score (nSPS) is 18.9. The van der Waals surface area contributed by atoms with Crippen molar-refractivity contribution < 1.29 is 27.1 Å². The summed E-state index contributed by atoms with van der Waals surface area (Å²) in [6, 6.07) is 6.36. The Morgan fingerprint density at radius 2 is 2.03 bits per heavy atom. The van der Waals surface area contributed by atoms with Gasteiger partial charge in [0, 0.05) is 18.6 Å². The third kappa shape index (κ3) is 4.45. The van der Waals surface area contributed by atoms with Crippen molar-refractivity contribution in [2.45, 2.75) is 36.1 Å². The van der Waals surface area contributed by atoms with E-state index >= 15 is 0 Å². The highest BCUT2D eigenvalue weighted by Gasteiger charge is 2.29. The molecule has 1 amide bonds. The average Bonchev–Trinajstić information content (AvgIpc) is 3.45. The van der Waals surface area contributed by atoms with Gasteiger partial charge in [0.2, 0.25) is 10.0 Å².